The predicted octanol–water partition coefficient (Wildman–Crippen LogP) is 3.02. The van der Waals surface area contributed by atoms with Crippen molar-refractivity contribution in [2.75, 3.05) is 6.54 Å². The molecule has 2 aromatic carbocycles. The molecule has 0 heterocycles. The molecule has 0 unspecified atom stereocenters. The fourth-order valence-corrected chi connectivity index (χ4v) is 3.94. The number of unbranched alkanes of at least 4 members (excludes halogenated alkanes) is 2. The van der Waals surface area contributed by atoms with E-state index >= 15 is 0 Å². The second kappa shape index (κ2) is 10.2. The van der Waals surface area contributed by atoms with Gasteiger partial charge in [0.1, 0.15) is 16.8 Å². The molecular formula is C20H25FN2O3S. The lowest BCUT2D eigenvalue weighted by atomic mass is 10.1. The number of amides is 1. The third kappa shape index (κ3) is 6.45. The van der Waals surface area contributed by atoms with E-state index in [0.717, 1.165) is 30.9 Å². The number of nitrogens with one attached hydrogen (secondary N) is 2. The van der Waals surface area contributed by atoms with Gasteiger partial charge in [-0.25, -0.2) is 12.8 Å². The van der Waals surface area contributed by atoms with Crippen LogP contribution in [0.3, 0.4) is 0 Å². The number of hydrogen-bond acceptors (Lipinski definition) is 3. The van der Waals surface area contributed by atoms with Crippen molar-refractivity contribution in [2.45, 2.75) is 43.5 Å². The Balaban J connectivity index is 2.18. The van der Waals surface area contributed by atoms with Crippen LogP contribution in [-0.4, -0.2) is 26.9 Å². The second-order valence-electron chi connectivity index (χ2n) is 6.29. The number of rotatable bonds is 10. The van der Waals surface area contributed by atoms with Crippen LogP contribution in [0.25, 0.3) is 0 Å². The van der Waals surface area contributed by atoms with E-state index in [-0.39, 0.29) is 6.42 Å². The minimum atomic E-state index is -4.18. The van der Waals surface area contributed by atoms with E-state index in [0.29, 0.717) is 6.54 Å². The van der Waals surface area contributed by atoms with E-state index in [1.807, 2.05) is 30.3 Å². The Morgan fingerprint density at radius 1 is 1.04 bits per heavy atom. The van der Waals surface area contributed by atoms with Crippen LogP contribution in [0, 0.1) is 5.82 Å². The highest BCUT2D eigenvalue weighted by atomic mass is 32.2. The third-order valence-corrected chi connectivity index (χ3v) is 5.61. The molecule has 5 nitrogen and oxygen atoms in total. The van der Waals surface area contributed by atoms with Crippen LogP contribution < -0.4 is 10.0 Å². The molecule has 0 aromatic heterocycles. The summed E-state index contributed by atoms with van der Waals surface area (Å²) in [6.07, 6.45) is 2.99. The molecule has 0 saturated heterocycles. The van der Waals surface area contributed by atoms with Crippen molar-refractivity contribution in [3.63, 3.8) is 0 Å². The monoisotopic (exact) mass is 392 g/mol. The van der Waals surface area contributed by atoms with Crippen molar-refractivity contribution in [3.05, 3.63) is 66.0 Å². The summed E-state index contributed by atoms with van der Waals surface area (Å²) in [5.74, 6) is -1.28. The number of carbonyl (C=O) groups excluding carboxylic acids is 1. The van der Waals surface area contributed by atoms with Gasteiger partial charge in [0.15, 0.2) is 0 Å². The maximum absolute atomic E-state index is 13.9. The fourth-order valence-electron chi connectivity index (χ4n) is 2.66. The van der Waals surface area contributed by atoms with Crippen LogP contribution in [0.5, 0.6) is 0 Å². The van der Waals surface area contributed by atoms with Crippen molar-refractivity contribution in [1.29, 1.82) is 0 Å². The molecule has 0 bridgehead atoms. The Morgan fingerprint density at radius 3 is 2.37 bits per heavy atom. The van der Waals surface area contributed by atoms with Crippen molar-refractivity contribution in [3.8, 4) is 0 Å². The van der Waals surface area contributed by atoms with Gasteiger partial charge in [-0.2, -0.15) is 4.72 Å². The molecule has 2 aromatic rings. The Bertz CT molecular complexity index is 841. The van der Waals surface area contributed by atoms with E-state index in [2.05, 4.69) is 17.0 Å². The number of carbonyl (C=O) groups is 1. The molecule has 1 amide bonds. The zero-order valence-corrected chi connectivity index (χ0v) is 16.1. The molecule has 0 fully saturated rings. The number of sulfonamides is 1. The molecule has 0 aliphatic heterocycles. The normalized spacial score (nSPS) is 12.5. The average molecular weight is 392 g/mol. The standard InChI is InChI=1S/C20H25FN2O3S/c1-2-3-9-14-22-20(24)18(15-16-10-5-4-6-11-16)23-27(25,26)19-13-8-7-12-17(19)21/h4-8,10-13,18,23H,2-3,9,14-15H2,1H3,(H,22,24)/t18-/m0/s1. The topological polar surface area (TPSA) is 75.3 Å². The maximum atomic E-state index is 13.9. The molecule has 146 valence electrons. The highest BCUT2D eigenvalue weighted by Gasteiger charge is 2.27. The Morgan fingerprint density at radius 2 is 1.70 bits per heavy atom. The number of benzene rings is 2. The first-order valence-corrected chi connectivity index (χ1v) is 10.5. The third-order valence-electron chi connectivity index (χ3n) is 4.10. The van der Waals surface area contributed by atoms with Crippen molar-refractivity contribution < 1.29 is 17.6 Å². The van der Waals surface area contributed by atoms with Gasteiger partial charge >= 0.3 is 0 Å². The fraction of sp³-hybridized carbons (Fsp3) is 0.350. The van der Waals surface area contributed by atoms with Gasteiger partial charge in [0.2, 0.25) is 15.9 Å². The van der Waals surface area contributed by atoms with Crippen molar-refractivity contribution in [2.24, 2.45) is 0 Å². The molecule has 2 rings (SSSR count). The summed E-state index contributed by atoms with van der Waals surface area (Å²) in [6, 6.07) is 13.2. The predicted molar refractivity (Wildman–Crippen MR) is 103 cm³/mol. The minimum absolute atomic E-state index is 0.175. The summed E-state index contributed by atoms with van der Waals surface area (Å²) in [5.41, 5.74) is 0.808. The molecule has 27 heavy (non-hydrogen) atoms. The van der Waals surface area contributed by atoms with Crippen LogP contribution in [0.2, 0.25) is 0 Å². The number of hydrogen-bond donors (Lipinski definition) is 2. The van der Waals surface area contributed by atoms with E-state index in [1.54, 1.807) is 0 Å². The van der Waals surface area contributed by atoms with E-state index < -0.39 is 32.7 Å². The maximum Gasteiger partial charge on any atom is 0.244 e. The van der Waals surface area contributed by atoms with Crippen LogP contribution >= 0.6 is 0 Å². The zero-order chi connectivity index (χ0) is 19.7. The van der Waals surface area contributed by atoms with Gasteiger partial charge in [0, 0.05) is 6.54 Å². The van der Waals surface area contributed by atoms with E-state index in [9.17, 15) is 17.6 Å². The van der Waals surface area contributed by atoms with Gasteiger partial charge in [-0.3, -0.25) is 4.79 Å². The van der Waals surface area contributed by atoms with Gasteiger partial charge in [-0.15, -0.1) is 0 Å². The highest BCUT2D eigenvalue weighted by molar-refractivity contribution is 7.89. The second-order valence-corrected chi connectivity index (χ2v) is 7.97. The molecule has 2 N–H and O–H groups in total. The summed E-state index contributed by atoms with van der Waals surface area (Å²) in [5, 5.41) is 2.77. The first-order chi connectivity index (χ1) is 12.9. The van der Waals surface area contributed by atoms with Crippen LogP contribution in [-0.2, 0) is 21.2 Å². The summed E-state index contributed by atoms with van der Waals surface area (Å²) < 4.78 is 41.5. The lowest BCUT2D eigenvalue weighted by Gasteiger charge is -2.19. The van der Waals surface area contributed by atoms with Gasteiger partial charge in [-0.05, 0) is 30.5 Å². The molecule has 0 aliphatic carbocycles. The van der Waals surface area contributed by atoms with E-state index in [4.69, 9.17) is 0 Å². The van der Waals surface area contributed by atoms with Gasteiger partial charge in [0.05, 0.1) is 0 Å². The summed E-state index contributed by atoms with van der Waals surface area (Å²) in [4.78, 5) is 12.1. The largest absolute Gasteiger partial charge is 0.355 e. The van der Waals surface area contributed by atoms with Crippen LogP contribution in [0.15, 0.2) is 59.5 Å². The lowest BCUT2D eigenvalue weighted by Crippen LogP contribution is -2.48. The molecule has 1 atom stereocenters. The van der Waals surface area contributed by atoms with Crippen LogP contribution in [0.1, 0.15) is 31.7 Å². The highest BCUT2D eigenvalue weighted by Crippen LogP contribution is 2.15. The Kier molecular flexibility index (Phi) is 7.94. The first-order valence-electron chi connectivity index (χ1n) is 9.02. The summed E-state index contributed by atoms with van der Waals surface area (Å²) in [6.45, 7) is 2.53. The van der Waals surface area contributed by atoms with Crippen molar-refractivity contribution >= 4 is 15.9 Å². The van der Waals surface area contributed by atoms with Gasteiger partial charge in [0.25, 0.3) is 0 Å². The molecular weight excluding hydrogens is 367 g/mol. The average Bonchev–Trinajstić information content (AvgIpc) is 2.65. The summed E-state index contributed by atoms with van der Waals surface area (Å²) >= 11 is 0. The van der Waals surface area contributed by atoms with Crippen LogP contribution in [0.4, 0.5) is 4.39 Å². The molecule has 0 spiro atoms. The van der Waals surface area contributed by atoms with Gasteiger partial charge in [-0.1, -0.05) is 62.2 Å². The van der Waals surface area contributed by atoms with Crippen molar-refractivity contribution in [1.82, 2.24) is 10.0 Å². The summed E-state index contributed by atoms with van der Waals surface area (Å²) in [7, 11) is -4.18. The molecule has 0 radical (unpaired) electrons. The quantitative estimate of drug-likeness (QED) is 0.611. The first kappa shape index (κ1) is 21.1. The Hall–Kier alpha value is -2.25. The Labute approximate surface area is 160 Å². The zero-order valence-electron chi connectivity index (χ0n) is 15.3. The molecule has 0 aliphatic rings. The number of halogens is 1. The van der Waals surface area contributed by atoms with E-state index in [1.165, 1.54) is 18.2 Å². The smallest absolute Gasteiger partial charge is 0.244 e. The molecule has 0 saturated carbocycles. The van der Waals surface area contributed by atoms with Gasteiger partial charge < -0.3 is 5.32 Å². The minimum Gasteiger partial charge on any atom is -0.355 e. The SMILES string of the molecule is CCCCCNC(=O)[C@H](Cc1ccccc1)NS(=O)(=O)c1ccccc1F. The lowest BCUT2D eigenvalue weighted by molar-refractivity contribution is -0.122. The molecule has 7 heteroatoms.